The number of hydrogen-bond acceptors (Lipinski definition) is 2. The zero-order valence-electron chi connectivity index (χ0n) is 6.09. The molecule has 0 aliphatic rings. The van der Waals surface area contributed by atoms with E-state index in [1.54, 1.807) is 6.92 Å². The molecule has 0 radical (unpaired) electrons. The van der Waals surface area contributed by atoms with E-state index in [0.717, 1.165) is 0 Å². The van der Waals surface area contributed by atoms with E-state index in [1.807, 2.05) is 0 Å². The molecule has 0 aromatic heterocycles. The largest absolute Gasteiger partial charge is 1.00 e. The molecule has 0 saturated carbocycles. The third-order valence-electron chi connectivity index (χ3n) is 0.672. The van der Waals surface area contributed by atoms with E-state index < -0.39 is 12.1 Å². The first kappa shape index (κ1) is 10.9. The molecule has 0 aromatic rings. The van der Waals surface area contributed by atoms with E-state index in [1.165, 1.54) is 0 Å². The van der Waals surface area contributed by atoms with E-state index >= 15 is 0 Å². The summed E-state index contributed by atoms with van der Waals surface area (Å²) in [6, 6.07) is 0. The standard InChI is InChI=1S/C4H8O3.Li.H/c1-2-3(5)4(6)7;;/h3,5H,2H2,1H3,(H,6,7);;/q;+1;-1. The van der Waals surface area contributed by atoms with Gasteiger partial charge >= 0.3 is 24.8 Å². The van der Waals surface area contributed by atoms with Gasteiger partial charge in [0.15, 0.2) is 6.10 Å². The second kappa shape index (κ2) is 5.17. The molecule has 0 aliphatic carbocycles. The first-order valence-electron chi connectivity index (χ1n) is 2.09. The van der Waals surface area contributed by atoms with Gasteiger partial charge in [-0.1, -0.05) is 6.92 Å². The number of rotatable bonds is 2. The van der Waals surface area contributed by atoms with Gasteiger partial charge in [-0.25, -0.2) is 4.79 Å². The number of aliphatic carboxylic acids is 1. The molecule has 1 atom stereocenters. The maximum atomic E-state index is 9.68. The topological polar surface area (TPSA) is 57.5 Å². The zero-order valence-corrected chi connectivity index (χ0v) is 5.09. The Labute approximate surface area is 61.4 Å². The fourth-order valence-electron chi connectivity index (χ4n) is 0.175. The van der Waals surface area contributed by atoms with Crippen molar-refractivity contribution in [3.05, 3.63) is 0 Å². The summed E-state index contributed by atoms with van der Waals surface area (Å²) in [6.07, 6.45) is -0.907. The molecule has 0 fully saturated rings. The third kappa shape index (κ3) is 4.19. The average molecular weight is 112 g/mol. The molecule has 0 heterocycles. The summed E-state index contributed by atoms with van der Waals surface area (Å²) < 4.78 is 0. The number of carboxylic acids is 1. The SMILES string of the molecule is CCC(O)C(=O)O.[H-].[Li+]. The van der Waals surface area contributed by atoms with E-state index in [2.05, 4.69) is 0 Å². The summed E-state index contributed by atoms with van der Waals surface area (Å²) in [7, 11) is 0. The summed E-state index contributed by atoms with van der Waals surface area (Å²) in [5.41, 5.74) is 0. The van der Waals surface area contributed by atoms with Crippen molar-refractivity contribution >= 4 is 5.97 Å². The second-order valence-corrected chi connectivity index (χ2v) is 1.26. The molecular formula is C4H9LiO3. The molecule has 0 spiro atoms. The molecule has 0 rings (SSSR count). The molecule has 0 saturated heterocycles. The quantitative estimate of drug-likeness (QED) is 0.373. The van der Waals surface area contributed by atoms with Crippen molar-refractivity contribution in [3.8, 4) is 0 Å². The Kier molecular flexibility index (Phi) is 7.05. The fraction of sp³-hybridized carbons (Fsp3) is 0.750. The van der Waals surface area contributed by atoms with Crippen molar-refractivity contribution in [2.24, 2.45) is 0 Å². The number of aliphatic hydroxyl groups excluding tert-OH is 1. The van der Waals surface area contributed by atoms with Crippen LogP contribution < -0.4 is 18.9 Å². The molecule has 4 heteroatoms. The van der Waals surface area contributed by atoms with Crippen molar-refractivity contribution in [1.29, 1.82) is 0 Å². The van der Waals surface area contributed by atoms with Crippen molar-refractivity contribution in [2.45, 2.75) is 19.4 Å². The maximum absolute atomic E-state index is 9.68. The first-order chi connectivity index (χ1) is 3.18. The van der Waals surface area contributed by atoms with E-state index in [-0.39, 0.29) is 26.7 Å². The normalized spacial score (nSPS) is 11.8. The van der Waals surface area contributed by atoms with Gasteiger partial charge < -0.3 is 11.6 Å². The van der Waals surface area contributed by atoms with Gasteiger partial charge in [0, 0.05) is 0 Å². The first-order valence-corrected chi connectivity index (χ1v) is 2.09. The number of carboxylic acid groups (broad SMARTS) is 1. The molecule has 44 valence electrons. The minimum absolute atomic E-state index is 0. The van der Waals surface area contributed by atoms with Gasteiger partial charge in [-0.15, -0.1) is 0 Å². The van der Waals surface area contributed by atoms with E-state index in [9.17, 15) is 4.79 Å². The molecule has 1 unspecified atom stereocenters. The van der Waals surface area contributed by atoms with Gasteiger partial charge in [0.25, 0.3) is 0 Å². The van der Waals surface area contributed by atoms with Crippen LogP contribution >= 0.6 is 0 Å². The number of aliphatic hydroxyl groups is 1. The summed E-state index contributed by atoms with van der Waals surface area (Å²) in [6.45, 7) is 1.61. The summed E-state index contributed by atoms with van der Waals surface area (Å²) >= 11 is 0. The number of hydrogen-bond donors (Lipinski definition) is 2. The molecule has 2 N–H and O–H groups in total. The fourth-order valence-corrected chi connectivity index (χ4v) is 0.175. The van der Waals surface area contributed by atoms with Gasteiger partial charge in [-0.2, -0.15) is 0 Å². The smallest absolute Gasteiger partial charge is 1.00 e. The minimum atomic E-state index is -1.18. The van der Waals surface area contributed by atoms with Crippen LogP contribution in [0.15, 0.2) is 0 Å². The Hall–Kier alpha value is 0.0274. The third-order valence-corrected chi connectivity index (χ3v) is 0.672. The van der Waals surface area contributed by atoms with Crippen LogP contribution in [-0.2, 0) is 4.79 Å². The Morgan fingerprint density at radius 3 is 2.25 bits per heavy atom. The minimum Gasteiger partial charge on any atom is -1.00 e. The van der Waals surface area contributed by atoms with Crippen LogP contribution in [0.2, 0.25) is 0 Å². The van der Waals surface area contributed by atoms with Crippen molar-refractivity contribution in [2.75, 3.05) is 0 Å². The van der Waals surface area contributed by atoms with Crippen molar-refractivity contribution in [3.63, 3.8) is 0 Å². The van der Waals surface area contributed by atoms with Crippen LogP contribution in [0.25, 0.3) is 0 Å². The summed E-state index contributed by atoms with van der Waals surface area (Å²) in [4.78, 5) is 9.68. The second-order valence-electron chi connectivity index (χ2n) is 1.26. The van der Waals surface area contributed by atoms with Crippen LogP contribution in [0.1, 0.15) is 14.8 Å². The van der Waals surface area contributed by atoms with Gasteiger partial charge in [0.1, 0.15) is 0 Å². The van der Waals surface area contributed by atoms with Gasteiger partial charge in [0.2, 0.25) is 0 Å². The monoisotopic (exact) mass is 112 g/mol. The molecule has 8 heavy (non-hydrogen) atoms. The van der Waals surface area contributed by atoms with E-state index in [4.69, 9.17) is 10.2 Å². The van der Waals surface area contributed by atoms with Gasteiger partial charge in [-0.05, 0) is 6.42 Å². The number of carbonyl (C=O) groups is 1. The van der Waals surface area contributed by atoms with Crippen LogP contribution in [-0.4, -0.2) is 22.3 Å². The Morgan fingerprint density at radius 2 is 2.25 bits per heavy atom. The Bertz CT molecular complexity index is 78.2. The molecule has 0 aliphatic heterocycles. The van der Waals surface area contributed by atoms with Gasteiger partial charge in [-0.3, -0.25) is 0 Å². The molecule has 3 nitrogen and oxygen atoms in total. The molecule has 0 amide bonds. The predicted molar refractivity (Wildman–Crippen MR) is 25.0 cm³/mol. The van der Waals surface area contributed by atoms with Crippen LogP contribution in [0.5, 0.6) is 0 Å². The maximum Gasteiger partial charge on any atom is 1.00 e. The van der Waals surface area contributed by atoms with Crippen LogP contribution in [0, 0.1) is 0 Å². The van der Waals surface area contributed by atoms with E-state index in [0.29, 0.717) is 0 Å². The van der Waals surface area contributed by atoms with Gasteiger partial charge in [0.05, 0.1) is 0 Å². The molecule has 0 bridgehead atoms. The summed E-state index contributed by atoms with van der Waals surface area (Å²) in [5.74, 6) is -1.15. The summed E-state index contributed by atoms with van der Waals surface area (Å²) in [5, 5.41) is 16.3. The molecular weight excluding hydrogens is 103 g/mol. The molecule has 0 aromatic carbocycles. The Balaban J connectivity index is -0.000000180. The predicted octanol–water partition coefficient (Wildman–Crippen LogP) is -3.04. The van der Waals surface area contributed by atoms with Crippen LogP contribution in [0.4, 0.5) is 0 Å². The Morgan fingerprint density at radius 1 is 1.88 bits per heavy atom. The van der Waals surface area contributed by atoms with Crippen LogP contribution in [0.3, 0.4) is 0 Å². The zero-order chi connectivity index (χ0) is 5.86. The average Bonchev–Trinajstić information content (AvgIpc) is 1.65. The van der Waals surface area contributed by atoms with Crippen molar-refractivity contribution in [1.82, 2.24) is 0 Å². The van der Waals surface area contributed by atoms with Crippen molar-refractivity contribution < 1.29 is 35.3 Å².